The molecule has 2 aromatic rings. The minimum atomic E-state index is -0.503. The van der Waals surface area contributed by atoms with Crippen molar-refractivity contribution in [1.29, 1.82) is 0 Å². The number of rotatable bonds is 4. The maximum Gasteiger partial charge on any atom is 0.252 e. The minimum Gasteiger partial charge on any atom is -0.379 e. The number of fused-ring (bicyclic) bond motifs is 1. The van der Waals surface area contributed by atoms with Crippen LogP contribution in [0, 0.1) is 11.3 Å². The van der Waals surface area contributed by atoms with E-state index in [1.807, 2.05) is 12.3 Å². The second kappa shape index (κ2) is 6.25. The van der Waals surface area contributed by atoms with E-state index in [1.165, 1.54) is 6.20 Å². The summed E-state index contributed by atoms with van der Waals surface area (Å²) < 4.78 is 1.72. The number of nitrogens with one attached hydrogen (secondary N) is 1. The Bertz CT molecular complexity index is 916. The molecule has 2 atom stereocenters. The molecule has 0 spiro atoms. The Kier molecular flexibility index (Phi) is 4.13. The lowest BCUT2D eigenvalue weighted by atomic mass is 9.80. The highest BCUT2D eigenvalue weighted by molar-refractivity contribution is 6.03. The molecule has 1 saturated heterocycles. The van der Waals surface area contributed by atoms with Crippen LogP contribution in [0.25, 0.3) is 5.52 Å². The molecule has 144 valence electrons. The molecule has 2 aliphatic rings. The maximum absolute atomic E-state index is 12.1. The van der Waals surface area contributed by atoms with Gasteiger partial charge in [0.2, 0.25) is 5.91 Å². The average molecular weight is 369 g/mol. The number of amides is 2. The fraction of sp³-hybridized carbons (Fsp3) is 0.550. The van der Waals surface area contributed by atoms with Crippen LogP contribution in [0.4, 0.5) is 11.4 Å². The topological polar surface area (TPSA) is 92.7 Å². The van der Waals surface area contributed by atoms with Gasteiger partial charge in [0, 0.05) is 19.0 Å². The Morgan fingerprint density at radius 2 is 2.15 bits per heavy atom. The number of nitrogens with zero attached hydrogens (tertiary/aromatic N) is 3. The monoisotopic (exact) mass is 369 g/mol. The Hall–Kier alpha value is -2.57. The first-order valence-corrected chi connectivity index (χ1v) is 9.67. The zero-order valence-electron chi connectivity index (χ0n) is 16.2. The molecule has 27 heavy (non-hydrogen) atoms. The Balaban J connectivity index is 1.79. The molecule has 2 amide bonds. The molecular weight excluding hydrogens is 342 g/mol. The van der Waals surface area contributed by atoms with E-state index in [-0.39, 0.29) is 17.4 Å². The lowest BCUT2D eigenvalue weighted by Crippen LogP contribution is -2.35. The molecular formula is C20H27N5O2. The second-order valence-corrected chi connectivity index (χ2v) is 8.47. The summed E-state index contributed by atoms with van der Waals surface area (Å²) in [4.78, 5) is 25.9. The first-order valence-electron chi connectivity index (χ1n) is 9.67. The number of nitrogens with two attached hydrogens (primary N) is 1. The zero-order chi connectivity index (χ0) is 19.3. The van der Waals surface area contributed by atoms with Gasteiger partial charge in [0.05, 0.1) is 34.8 Å². The van der Waals surface area contributed by atoms with Crippen LogP contribution < -0.4 is 16.0 Å². The highest BCUT2D eigenvalue weighted by Crippen LogP contribution is 2.44. The maximum atomic E-state index is 12.1. The lowest BCUT2D eigenvalue weighted by molar-refractivity contribution is -0.117. The van der Waals surface area contributed by atoms with Crippen LogP contribution in [0.15, 0.2) is 18.5 Å². The molecule has 2 fully saturated rings. The van der Waals surface area contributed by atoms with E-state index in [0.717, 1.165) is 30.5 Å². The number of aromatic nitrogens is 2. The third-order valence-electron chi connectivity index (χ3n) is 6.65. The number of primary amides is 1. The molecule has 1 aliphatic carbocycles. The molecule has 0 radical (unpaired) electrons. The van der Waals surface area contributed by atoms with E-state index < -0.39 is 5.91 Å². The summed E-state index contributed by atoms with van der Waals surface area (Å²) in [5.74, 6) is 0.215. The summed E-state index contributed by atoms with van der Waals surface area (Å²) in [6, 6.07) is 2.17. The summed E-state index contributed by atoms with van der Waals surface area (Å²) in [5, 5.41) is 7.95. The third-order valence-corrected chi connectivity index (χ3v) is 6.65. The molecule has 7 heteroatoms. The normalized spacial score (nSPS) is 24.7. The third kappa shape index (κ3) is 2.85. The van der Waals surface area contributed by atoms with E-state index in [0.29, 0.717) is 30.1 Å². The summed E-state index contributed by atoms with van der Waals surface area (Å²) >= 11 is 0. The Labute approximate surface area is 158 Å². The van der Waals surface area contributed by atoms with E-state index in [2.05, 4.69) is 31.2 Å². The van der Waals surface area contributed by atoms with Crippen LogP contribution in [0.5, 0.6) is 0 Å². The summed E-state index contributed by atoms with van der Waals surface area (Å²) in [7, 11) is 0. The van der Waals surface area contributed by atoms with Gasteiger partial charge in [-0.25, -0.2) is 4.52 Å². The van der Waals surface area contributed by atoms with Crippen LogP contribution in [0.2, 0.25) is 0 Å². The quantitative estimate of drug-likeness (QED) is 0.867. The molecule has 1 aliphatic heterocycles. The van der Waals surface area contributed by atoms with Crippen molar-refractivity contribution in [2.24, 2.45) is 17.1 Å². The second-order valence-electron chi connectivity index (χ2n) is 8.47. The van der Waals surface area contributed by atoms with Gasteiger partial charge in [-0.2, -0.15) is 5.10 Å². The van der Waals surface area contributed by atoms with Crippen LogP contribution in [-0.4, -0.2) is 34.0 Å². The van der Waals surface area contributed by atoms with Gasteiger partial charge in [-0.3, -0.25) is 9.59 Å². The van der Waals surface area contributed by atoms with Gasteiger partial charge in [-0.1, -0.05) is 20.8 Å². The van der Waals surface area contributed by atoms with E-state index >= 15 is 0 Å². The summed E-state index contributed by atoms with van der Waals surface area (Å²) in [6.07, 6.45) is 6.98. The van der Waals surface area contributed by atoms with Crippen molar-refractivity contribution in [3.05, 3.63) is 24.0 Å². The van der Waals surface area contributed by atoms with Gasteiger partial charge in [-0.15, -0.1) is 0 Å². The SMILES string of the molecule is C[C@H]1CC[C@@H](Nc2c(C(N)=O)cnn3cc(N4CCCC4=O)cc23)C1(C)C. The molecule has 0 bridgehead atoms. The van der Waals surface area contributed by atoms with Crippen molar-refractivity contribution in [2.45, 2.75) is 52.5 Å². The van der Waals surface area contributed by atoms with Gasteiger partial charge in [0.15, 0.2) is 0 Å². The van der Waals surface area contributed by atoms with Crippen molar-refractivity contribution in [3.8, 4) is 0 Å². The van der Waals surface area contributed by atoms with Crippen molar-refractivity contribution >= 4 is 28.7 Å². The minimum absolute atomic E-state index is 0.107. The highest BCUT2D eigenvalue weighted by Gasteiger charge is 2.41. The van der Waals surface area contributed by atoms with Crippen molar-refractivity contribution in [3.63, 3.8) is 0 Å². The van der Waals surface area contributed by atoms with Gasteiger partial charge >= 0.3 is 0 Å². The smallest absolute Gasteiger partial charge is 0.252 e. The van der Waals surface area contributed by atoms with Crippen LogP contribution in [-0.2, 0) is 4.79 Å². The molecule has 0 aromatic carbocycles. The zero-order valence-corrected chi connectivity index (χ0v) is 16.2. The molecule has 4 rings (SSSR count). The molecule has 3 heterocycles. The van der Waals surface area contributed by atoms with Crippen LogP contribution >= 0.6 is 0 Å². The average Bonchev–Trinajstić information content (AvgIpc) is 3.28. The molecule has 0 unspecified atom stereocenters. The van der Waals surface area contributed by atoms with Crippen molar-refractivity contribution in [1.82, 2.24) is 9.61 Å². The van der Waals surface area contributed by atoms with Crippen molar-refractivity contribution < 1.29 is 9.59 Å². The first-order chi connectivity index (χ1) is 12.8. The fourth-order valence-electron chi connectivity index (χ4n) is 4.39. The van der Waals surface area contributed by atoms with E-state index in [4.69, 9.17) is 5.73 Å². The van der Waals surface area contributed by atoms with Crippen molar-refractivity contribution in [2.75, 3.05) is 16.8 Å². The molecule has 2 aromatic heterocycles. The highest BCUT2D eigenvalue weighted by atomic mass is 16.2. The number of carbonyl (C=O) groups is 2. The number of hydrogen-bond acceptors (Lipinski definition) is 4. The van der Waals surface area contributed by atoms with Gasteiger partial charge < -0.3 is 16.0 Å². The standard InChI is InChI=1S/C20H27N5O2/c1-12-6-7-16(20(12,2)3)23-18-14(19(21)27)10-22-25-11-13(9-15(18)25)24-8-4-5-17(24)26/h9-12,16,23H,4-8H2,1-3H3,(H2,21,27)/t12-,16+/m0/s1. The number of anilines is 2. The lowest BCUT2D eigenvalue weighted by Gasteiger charge is -2.33. The molecule has 7 nitrogen and oxygen atoms in total. The predicted molar refractivity (Wildman–Crippen MR) is 105 cm³/mol. The first kappa shape index (κ1) is 17.8. The summed E-state index contributed by atoms with van der Waals surface area (Å²) in [5.41, 5.74) is 8.42. The van der Waals surface area contributed by atoms with E-state index in [1.54, 1.807) is 9.42 Å². The number of hydrogen-bond donors (Lipinski definition) is 2. The predicted octanol–water partition coefficient (Wildman–Crippen LogP) is 2.80. The van der Waals surface area contributed by atoms with Crippen LogP contribution in [0.3, 0.4) is 0 Å². The van der Waals surface area contributed by atoms with Crippen LogP contribution in [0.1, 0.15) is 56.8 Å². The Morgan fingerprint density at radius 1 is 1.37 bits per heavy atom. The van der Waals surface area contributed by atoms with Gasteiger partial charge in [0.1, 0.15) is 0 Å². The fourth-order valence-corrected chi connectivity index (χ4v) is 4.39. The molecule has 3 N–H and O–H groups in total. The van der Waals surface area contributed by atoms with Gasteiger partial charge in [-0.05, 0) is 36.7 Å². The summed E-state index contributed by atoms with van der Waals surface area (Å²) in [6.45, 7) is 7.51. The van der Waals surface area contributed by atoms with E-state index in [9.17, 15) is 9.59 Å². The Morgan fingerprint density at radius 3 is 2.74 bits per heavy atom. The molecule has 1 saturated carbocycles. The largest absolute Gasteiger partial charge is 0.379 e. The van der Waals surface area contributed by atoms with Gasteiger partial charge in [0.25, 0.3) is 5.91 Å². The number of carbonyl (C=O) groups excluding carboxylic acids is 2.